The maximum Gasteiger partial charge on any atom is 0.255 e. The maximum atomic E-state index is 12.6. The van der Waals surface area contributed by atoms with Crippen LogP contribution in [0.5, 0.6) is 11.5 Å². The third-order valence-electron chi connectivity index (χ3n) is 4.77. The number of carbonyl (C=O) groups is 1. The van der Waals surface area contributed by atoms with Crippen LogP contribution in [0.3, 0.4) is 0 Å². The molecule has 4 rings (SSSR count). The minimum atomic E-state index is -0.171. The zero-order valence-corrected chi connectivity index (χ0v) is 16.4. The number of rotatable bonds is 6. The minimum Gasteiger partial charge on any atom is -0.454 e. The fourth-order valence-corrected chi connectivity index (χ4v) is 3.07. The van der Waals surface area contributed by atoms with Crippen molar-refractivity contribution in [2.24, 2.45) is 0 Å². The first-order valence-electron chi connectivity index (χ1n) is 9.58. The Hall–Kier alpha value is -3.54. The summed E-state index contributed by atoms with van der Waals surface area (Å²) < 4.78 is 10.7. The molecule has 1 aliphatic heterocycles. The van der Waals surface area contributed by atoms with Crippen molar-refractivity contribution in [1.82, 2.24) is 4.98 Å². The molecule has 0 unspecified atom stereocenters. The average molecular weight is 389 g/mol. The van der Waals surface area contributed by atoms with Crippen LogP contribution in [-0.4, -0.2) is 17.7 Å². The number of benzene rings is 2. The molecule has 2 heterocycles. The van der Waals surface area contributed by atoms with Gasteiger partial charge in [0, 0.05) is 24.0 Å². The summed E-state index contributed by atoms with van der Waals surface area (Å²) in [5.41, 5.74) is 3.59. The van der Waals surface area contributed by atoms with Crippen LogP contribution in [0.2, 0.25) is 0 Å². The molecule has 0 atom stereocenters. The standard InChI is InChI=1S/C23H23N3O3/c1-15(2)17-4-6-19(7-5-17)26-23(27)18-9-10-24-22(12-18)25-13-16-3-8-20-21(11-16)29-14-28-20/h3-12,15H,13-14H2,1-2H3,(H,24,25)(H,26,27). The predicted octanol–water partition coefficient (Wildman–Crippen LogP) is 4.80. The van der Waals surface area contributed by atoms with E-state index in [0.29, 0.717) is 23.8 Å². The number of ether oxygens (including phenoxy) is 2. The van der Waals surface area contributed by atoms with E-state index in [1.54, 1.807) is 18.3 Å². The van der Waals surface area contributed by atoms with Crippen LogP contribution < -0.4 is 20.1 Å². The highest BCUT2D eigenvalue weighted by Gasteiger charge is 2.13. The van der Waals surface area contributed by atoms with Crippen molar-refractivity contribution in [3.63, 3.8) is 0 Å². The molecule has 0 saturated carbocycles. The average Bonchev–Trinajstić information content (AvgIpc) is 3.21. The van der Waals surface area contributed by atoms with E-state index >= 15 is 0 Å². The third kappa shape index (κ3) is 4.48. The van der Waals surface area contributed by atoms with Gasteiger partial charge in [-0.1, -0.05) is 32.0 Å². The molecular weight excluding hydrogens is 366 g/mol. The lowest BCUT2D eigenvalue weighted by Crippen LogP contribution is -2.13. The molecule has 3 aromatic rings. The van der Waals surface area contributed by atoms with Gasteiger partial charge in [0.2, 0.25) is 6.79 Å². The van der Waals surface area contributed by atoms with E-state index in [0.717, 1.165) is 22.7 Å². The van der Waals surface area contributed by atoms with Gasteiger partial charge in [-0.15, -0.1) is 0 Å². The molecule has 1 aromatic heterocycles. The van der Waals surface area contributed by atoms with Gasteiger partial charge in [-0.3, -0.25) is 4.79 Å². The van der Waals surface area contributed by atoms with E-state index in [4.69, 9.17) is 9.47 Å². The van der Waals surface area contributed by atoms with Crippen molar-refractivity contribution in [2.75, 3.05) is 17.4 Å². The topological polar surface area (TPSA) is 72.5 Å². The summed E-state index contributed by atoms with van der Waals surface area (Å²) in [6.45, 7) is 5.10. The second-order valence-electron chi connectivity index (χ2n) is 7.20. The highest BCUT2D eigenvalue weighted by atomic mass is 16.7. The molecule has 0 bridgehead atoms. The van der Waals surface area contributed by atoms with E-state index in [2.05, 4.69) is 29.5 Å². The monoisotopic (exact) mass is 389 g/mol. The first kappa shape index (κ1) is 18.8. The Bertz CT molecular complexity index is 1020. The second-order valence-corrected chi connectivity index (χ2v) is 7.20. The van der Waals surface area contributed by atoms with Gasteiger partial charge >= 0.3 is 0 Å². The van der Waals surface area contributed by atoms with E-state index in [-0.39, 0.29) is 12.7 Å². The summed E-state index contributed by atoms with van der Waals surface area (Å²) in [5, 5.41) is 6.17. The third-order valence-corrected chi connectivity index (χ3v) is 4.77. The summed E-state index contributed by atoms with van der Waals surface area (Å²) in [4.78, 5) is 16.9. The Kier molecular flexibility index (Phi) is 5.33. The first-order valence-corrected chi connectivity index (χ1v) is 9.58. The number of hydrogen-bond acceptors (Lipinski definition) is 5. The molecule has 2 N–H and O–H groups in total. The molecule has 148 valence electrons. The van der Waals surface area contributed by atoms with Crippen LogP contribution >= 0.6 is 0 Å². The fraction of sp³-hybridized carbons (Fsp3) is 0.217. The number of aromatic nitrogens is 1. The maximum absolute atomic E-state index is 12.6. The van der Waals surface area contributed by atoms with E-state index in [1.165, 1.54) is 5.56 Å². The number of nitrogens with zero attached hydrogens (tertiary/aromatic N) is 1. The molecule has 1 aliphatic rings. The molecule has 1 amide bonds. The normalized spacial score (nSPS) is 12.1. The van der Waals surface area contributed by atoms with Crippen LogP contribution in [0.4, 0.5) is 11.5 Å². The van der Waals surface area contributed by atoms with Gasteiger partial charge in [-0.05, 0) is 53.4 Å². The molecule has 0 fully saturated rings. The molecule has 2 aromatic carbocycles. The lowest BCUT2D eigenvalue weighted by atomic mass is 10.0. The number of anilines is 2. The van der Waals surface area contributed by atoms with Crippen LogP contribution in [0.25, 0.3) is 0 Å². The highest BCUT2D eigenvalue weighted by Crippen LogP contribution is 2.32. The van der Waals surface area contributed by atoms with Crippen molar-refractivity contribution >= 4 is 17.4 Å². The van der Waals surface area contributed by atoms with Crippen molar-refractivity contribution < 1.29 is 14.3 Å². The molecule has 29 heavy (non-hydrogen) atoms. The number of hydrogen-bond donors (Lipinski definition) is 2. The van der Waals surface area contributed by atoms with E-state index < -0.39 is 0 Å². The van der Waals surface area contributed by atoms with E-state index in [9.17, 15) is 4.79 Å². The number of fused-ring (bicyclic) bond motifs is 1. The number of pyridine rings is 1. The lowest BCUT2D eigenvalue weighted by Gasteiger charge is -2.10. The summed E-state index contributed by atoms with van der Waals surface area (Å²) in [6, 6.07) is 17.1. The quantitative estimate of drug-likeness (QED) is 0.634. The summed E-state index contributed by atoms with van der Waals surface area (Å²) in [6.07, 6.45) is 1.62. The summed E-state index contributed by atoms with van der Waals surface area (Å²) in [7, 11) is 0. The van der Waals surface area contributed by atoms with E-state index in [1.807, 2.05) is 42.5 Å². The first-order chi connectivity index (χ1) is 14.1. The van der Waals surface area contributed by atoms with Crippen LogP contribution in [-0.2, 0) is 6.54 Å². The summed E-state index contributed by atoms with van der Waals surface area (Å²) in [5.74, 6) is 2.42. The fourth-order valence-electron chi connectivity index (χ4n) is 3.07. The molecule has 6 nitrogen and oxygen atoms in total. The van der Waals surface area contributed by atoms with Crippen LogP contribution in [0.15, 0.2) is 60.8 Å². The summed E-state index contributed by atoms with van der Waals surface area (Å²) >= 11 is 0. The van der Waals surface area contributed by atoms with Gasteiger partial charge in [0.15, 0.2) is 11.5 Å². The van der Waals surface area contributed by atoms with Gasteiger partial charge in [0.1, 0.15) is 5.82 Å². The molecule has 0 aliphatic carbocycles. The second kappa shape index (κ2) is 8.22. The predicted molar refractivity (Wildman–Crippen MR) is 113 cm³/mol. The smallest absolute Gasteiger partial charge is 0.255 e. The molecule has 0 saturated heterocycles. The van der Waals surface area contributed by atoms with Crippen molar-refractivity contribution in [1.29, 1.82) is 0 Å². The minimum absolute atomic E-state index is 0.171. The number of carbonyl (C=O) groups excluding carboxylic acids is 1. The van der Waals surface area contributed by atoms with Crippen molar-refractivity contribution in [3.05, 3.63) is 77.5 Å². The Morgan fingerprint density at radius 3 is 2.62 bits per heavy atom. The van der Waals surface area contributed by atoms with Crippen LogP contribution in [0, 0.1) is 0 Å². The van der Waals surface area contributed by atoms with Gasteiger partial charge in [0.05, 0.1) is 0 Å². The molecular formula is C23H23N3O3. The number of amides is 1. The van der Waals surface area contributed by atoms with Gasteiger partial charge in [0.25, 0.3) is 5.91 Å². The van der Waals surface area contributed by atoms with Crippen LogP contribution in [0.1, 0.15) is 41.3 Å². The van der Waals surface area contributed by atoms with Crippen molar-refractivity contribution in [3.8, 4) is 11.5 Å². The largest absolute Gasteiger partial charge is 0.454 e. The Labute approximate surface area is 169 Å². The van der Waals surface area contributed by atoms with Crippen molar-refractivity contribution in [2.45, 2.75) is 26.3 Å². The Morgan fingerprint density at radius 2 is 1.83 bits per heavy atom. The molecule has 0 spiro atoms. The zero-order valence-electron chi connectivity index (χ0n) is 16.4. The van der Waals surface area contributed by atoms with Gasteiger partial charge < -0.3 is 20.1 Å². The van der Waals surface area contributed by atoms with Gasteiger partial charge in [-0.2, -0.15) is 0 Å². The molecule has 0 radical (unpaired) electrons. The Morgan fingerprint density at radius 1 is 1.03 bits per heavy atom. The highest BCUT2D eigenvalue weighted by molar-refractivity contribution is 6.04. The SMILES string of the molecule is CC(C)c1ccc(NC(=O)c2ccnc(NCc3ccc4c(c3)OCO4)c2)cc1. The number of nitrogens with one attached hydrogen (secondary N) is 2. The zero-order chi connectivity index (χ0) is 20.2. The Balaban J connectivity index is 1.39. The lowest BCUT2D eigenvalue weighted by molar-refractivity contribution is 0.102. The van der Waals surface area contributed by atoms with Gasteiger partial charge in [-0.25, -0.2) is 4.98 Å². The molecule has 6 heteroatoms.